The first-order chi connectivity index (χ1) is 18.1. The number of aryl methyl sites for hydroxylation is 1. The number of hydrogen-bond acceptors (Lipinski definition) is 5. The molecule has 38 heavy (non-hydrogen) atoms. The van der Waals surface area contributed by atoms with E-state index in [9.17, 15) is 22.8 Å². The van der Waals surface area contributed by atoms with E-state index in [1.54, 1.807) is 23.2 Å². The Morgan fingerprint density at radius 3 is 2.50 bits per heavy atom. The molecule has 0 atom stereocenters. The normalized spacial score (nSPS) is 11.9. The van der Waals surface area contributed by atoms with Crippen LogP contribution in [0.2, 0.25) is 0 Å². The summed E-state index contributed by atoms with van der Waals surface area (Å²) in [6.45, 7) is 0. The minimum atomic E-state index is -4.88. The van der Waals surface area contributed by atoms with E-state index in [2.05, 4.69) is 15.2 Å². The van der Waals surface area contributed by atoms with Gasteiger partial charge >= 0.3 is 12.1 Å². The first-order valence-corrected chi connectivity index (χ1v) is 11.2. The number of halogens is 3. The van der Waals surface area contributed by atoms with Crippen molar-refractivity contribution in [3.63, 3.8) is 0 Å². The van der Waals surface area contributed by atoms with Gasteiger partial charge in [-0.3, -0.25) is 14.5 Å². The van der Waals surface area contributed by atoms with Crippen molar-refractivity contribution in [2.75, 3.05) is 0 Å². The fraction of sp³-hybridized carbons (Fsp3) is 0.0741. The molecule has 3 aromatic heterocycles. The number of aromatic nitrogens is 5. The van der Waals surface area contributed by atoms with Crippen molar-refractivity contribution in [1.29, 1.82) is 0 Å². The molecule has 0 saturated heterocycles. The fourth-order valence-corrected chi connectivity index (χ4v) is 3.95. The van der Waals surface area contributed by atoms with E-state index in [0.717, 1.165) is 38.3 Å². The van der Waals surface area contributed by atoms with Gasteiger partial charge in [-0.25, -0.2) is 9.48 Å². The van der Waals surface area contributed by atoms with Crippen LogP contribution >= 0.6 is 0 Å². The Labute approximate surface area is 212 Å². The molecule has 2 aromatic carbocycles. The number of rotatable bonds is 5. The smallest absolute Gasteiger partial charge is 0.417 e. The van der Waals surface area contributed by atoms with Gasteiger partial charge in [0.05, 0.1) is 28.5 Å². The van der Waals surface area contributed by atoms with Crippen molar-refractivity contribution in [1.82, 2.24) is 24.5 Å². The second-order valence-corrected chi connectivity index (χ2v) is 8.46. The predicted octanol–water partition coefficient (Wildman–Crippen LogP) is 5.20. The van der Waals surface area contributed by atoms with Gasteiger partial charge in [0.1, 0.15) is 0 Å². The van der Waals surface area contributed by atoms with Gasteiger partial charge in [-0.2, -0.15) is 23.4 Å². The lowest BCUT2D eigenvalue weighted by Crippen LogP contribution is -2.17. The Hall–Kier alpha value is -5.06. The molecule has 11 heteroatoms. The van der Waals surface area contributed by atoms with Crippen molar-refractivity contribution in [2.45, 2.75) is 6.18 Å². The number of benzene rings is 2. The van der Waals surface area contributed by atoms with Gasteiger partial charge in [0.2, 0.25) is 0 Å². The predicted molar refractivity (Wildman–Crippen MR) is 135 cm³/mol. The number of carboxylic acid groups (broad SMARTS) is 1. The van der Waals surface area contributed by atoms with Crippen LogP contribution in [0.15, 0.2) is 78.0 Å². The van der Waals surface area contributed by atoms with Gasteiger partial charge in [0.25, 0.3) is 5.56 Å². The van der Waals surface area contributed by atoms with E-state index in [1.165, 1.54) is 24.4 Å². The van der Waals surface area contributed by atoms with Gasteiger partial charge in [-0.15, -0.1) is 0 Å². The van der Waals surface area contributed by atoms with E-state index in [-0.39, 0.29) is 11.3 Å². The Kier molecular flexibility index (Phi) is 6.11. The summed E-state index contributed by atoms with van der Waals surface area (Å²) in [5.74, 6) is -1.69. The van der Waals surface area contributed by atoms with Gasteiger partial charge in [-0.05, 0) is 48.0 Å². The van der Waals surface area contributed by atoms with E-state index in [0.29, 0.717) is 6.07 Å². The average Bonchev–Trinajstić information content (AvgIpc) is 3.33. The standard InChI is InChI=1S/C27H18F3N5O3/c1-34-15-20(14-32-34)19-11-18-10-16(2-5-23(18)31-13-19)8-9-35-25(36)7-6-24(33-35)17-3-4-21(26(37)38)22(12-17)27(28,29)30/h2-15H,1H3,(H,37,38)/b9-8+. The number of nitrogens with zero attached hydrogens (tertiary/aromatic N) is 5. The van der Waals surface area contributed by atoms with Gasteiger partial charge in [-0.1, -0.05) is 12.1 Å². The zero-order valence-corrected chi connectivity index (χ0v) is 19.7. The topological polar surface area (TPSA) is 103 Å². The summed E-state index contributed by atoms with van der Waals surface area (Å²) in [5, 5.41) is 18.3. The minimum absolute atomic E-state index is 0.0178. The van der Waals surface area contributed by atoms with Crippen LogP contribution in [-0.4, -0.2) is 35.6 Å². The fourth-order valence-electron chi connectivity index (χ4n) is 3.95. The van der Waals surface area contributed by atoms with Crippen molar-refractivity contribution < 1.29 is 23.1 Å². The zero-order valence-electron chi connectivity index (χ0n) is 19.7. The van der Waals surface area contributed by atoms with Crippen molar-refractivity contribution in [3.05, 3.63) is 100 Å². The van der Waals surface area contributed by atoms with Gasteiger partial charge in [0, 0.05) is 53.8 Å². The number of hydrogen-bond donors (Lipinski definition) is 1. The lowest BCUT2D eigenvalue weighted by atomic mass is 10.0. The maximum absolute atomic E-state index is 13.4. The van der Waals surface area contributed by atoms with E-state index < -0.39 is 28.8 Å². The molecule has 0 saturated carbocycles. The van der Waals surface area contributed by atoms with Crippen LogP contribution in [0.1, 0.15) is 21.5 Å². The Morgan fingerprint density at radius 1 is 0.974 bits per heavy atom. The average molecular weight is 517 g/mol. The number of carboxylic acids is 1. The molecule has 3 heterocycles. The van der Waals surface area contributed by atoms with Gasteiger partial charge in [0.15, 0.2) is 0 Å². The van der Waals surface area contributed by atoms with E-state index in [1.807, 2.05) is 37.5 Å². The zero-order chi connectivity index (χ0) is 27.0. The summed E-state index contributed by atoms with van der Waals surface area (Å²) >= 11 is 0. The molecule has 5 aromatic rings. The molecule has 5 rings (SSSR count). The highest BCUT2D eigenvalue weighted by Gasteiger charge is 2.35. The summed E-state index contributed by atoms with van der Waals surface area (Å²) < 4.78 is 43.0. The number of fused-ring (bicyclic) bond motifs is 1. The van der Waals surface area contributed by atoms with E-state index >= 15 is 0 Å². The molecular weight excluding hydrogens is 499 g/mol. The van der Waals surface area contributed by atoms with Crippen LogP contribution in [0, 0.1) is 0 Å². The monoisotopic (exact) mass is 517 g/mol. The highest BCUT2D eigenvalue weighted by Crippen LogP contribution is 2.34. The quantitative estimate of drug-likeness (QED) is 0.344. The second-order valence-electron chi connectivity index (χ2n) is 8.46. The van der Waals surface area contributed by atoms with Crippen LogP contribution in [0.3, 0.4) is 0 Å². The number of pyridine rings is 1. The largest absolute Gasteiger partial charge is 0.478 e. The first-order valence-electron chi connectivity index (χ1n) is 11.2. The molecule has 190 valence electrons. The number of alkyl halides is 3. The van der Waals surface area contributed by atoms with Crippen LogP contribution in [0.4, 0.5) is 13.2 Å². The highest BCUT2D eigenvalue weighted by atomic mass is 19.4. The highest BCUT2D eigenvalue weighted by molar-refractivity contribution is 5.90. The van der Waals surface area contributed by atoms with Crippen LogP contribution in [0.25, 0.3) is 45.6 Å². The third kappa shape index (κ3) is 4.94. The molecule has 0 fully saturated rings. The first kappa shape index (κ1) is 24.6. The molecule has 1 N–H and O–H groups in total. The molecule has 0 aliphatic rings. The molecule has 0 radical (unpaired) electrons. The molecule has 8 nitrogen and oxygen atoms in total. The Bertz CT molecular complexity index is 1790. The van der Waals surface area contributed by atoms with Crippen molar-refractivity contribution in [3.8, 4) is 22.4 Å². The SMILES string of the molecule is Cn1cc(-c2cnc3ccc(/C=C/n4nc(-c5ccc(C(=O)O)c(C(F)(F)F)c5)ccc4=O)cc3c2)cn1. The lowest BCUT2D eigenvalue weighted by Gasteiger charge is -2.12. The molecular formula is C27H18F3N5O3. The van der Waals surface area contributed by atoms with Crippen molar-refractivity contribution >= 4 is 29.1 Å². The van der Waals surface area contributed by atoms with Crippen LogP contribution < -0.4 is 5.56 Å². The Morgan fingerprint density at radius 2 is 1.79 bits per heavy atom. The summed E-state index contributed by atoms with van der Waals surface area (Å²) in [6.07, 6.45) is 3.55. The molecule has 0 bridgehead atoms. The summed E-state index contributed by atoms with van der Waals surface area (Å²) in [4.78, 5) is 28.1. The molecule has 0 unspecified atom stereocenters. The van der Waals surface area contributed by atoms with Gasteiger partial charge < -0.3 is 5.11 Å². The summed E-state index contributed by atoms with van der Waals surface area (Å²) in [7, 11) is 1.83. The summed E-state index contributed by atoms with van der Waals surface area (Å²) in [6, 6.07) is 12.8. The van der Waals surface area contributed by atoms with Crippen molar-refractivity contribution in [2.24, 2.45) is 7.05 Å². The minimum Gasteiger partial charge on any atom is -0.478 e. The number of aromatic carboxylic acids is 1. The maximum Gasteiger partial charge on any atom is 0.417 e. The third-order valence-electron chi connectivity index (χ3n) is 5.83. The van der Waals surface area contributed by atoms with Crippen LogP contribution in [0.5, 0.6) is 0 Å². The maximum atomic E-state index is 13.4. The van der Waals surface area contributed by atoms with E-state index in [4.69, 9.17) is 5.11 Å². The molecule has 0 aliphatic heterocycles. The molecule has 0 spiro atoms. The lowest BCUT2D eigenvalue weighted by molar-refractivity contribution is -0.138. The second kappa shape index (κ2) is 9.43. The molecule has 0 amide bonds. The van der Waals surface area contributed by atoms with Crippen LogP contribution in [-0.2, 0) is 13.2 Å². The Balaban J connectivity index is 1.48. The number of carbonyl (C=O) groups is 1. The third-order valence-corrected chi connectivity index (χ3v) is 5.83. The summed E-state index contributed by atoms with van der Waals surface area (Å²) in [5.41, 5.74) is 0.753. The molecule has 0 aliphatic carbocycles.